The second-order valence-corrected chi connectivity index (χ2v) is 5.17. The third-order valence-corrected chi connectivity index (χ3v) is 3.69. The molecule has 0 aliphatic heterocycles. The third-order valence-electron chi connectivity index (χ3n) is 3.69. The Morgan fingerprint density at radius 3 is 2.55 bits per heavy atom. The van der Waals surface area contributed by atoms with E-state index in [1.165, 1.54) is 44.2 Å². The zero-order valence-electron chi connectivity index (χ0n) is 11.5. The number of hydrogen-bond acceptors (Lipinski definition) is 4. The highest BCUT2D eigenvalue weighted by molar-refractivity contribution is 5.47. The van der Waals surface area contributed by atoms with E-state index in [1.54, 1.807) is 12.1 Å². The number of anilines is 1. The molecule has 0 heterocycles. The van der Waals surface area contributed by atoms with Crippen LogP contribution in [0.5, 0.6) is 0 Å². The Kier molecular flexibility index (Phi) is 5.46. The second kappa shape index (κ2) is 7.57. The Morgan fingerprint density at radius 2 is 1.90 bits per heavy atom. The van der Waals surface area contributed by atoms with Gasteiger partial charge in [0.1, 0.15) is 0 Å². The Hall–Kier alpha value is -1.98. The van der Waals surface area contributed by atoms with Crippen molar-refractivity contribution in [2.75, 3.05) is 12.0 Å². The Morgan fingerprint density at radius 1 is 1.20 bits per heavy atom. The summed E-state index contributed by atoms with van der Waals surface area (Å²) in [7, 11) is 0. The molecule has 0 aromatic heterocycles. The molecular formula is C14H20N4O2. The molecule has 1 N–H and O–H groups in total. The monoisotopic (exact) mass is 276 g/mol. The summed E-state index contributed by atoms with van der Waals surface area (Å²) in [4.78, 5) is 10.1. The highest BCUT2D eigenvalue weighted by Crippen LogP contribution is 2.26. The number of benzene rings is 1. The van der Waals surface area contributed by atoms with Gasteiger partial charge in [0.15, 0.2) is 0 Å². The minimum absolute atomic E-state index is 0.0739. The van der Waals surface area contributed by atoms with Crippen molar-refractivity contribution in [2.24, 2.45) is 16.3 Å². The Balaban J connectivity index is 1.68. The lowest BCUT2D eigenvalue weighted by atomic mass is 9.87. The maximum atomic E-state index is 10.5. The molecule has 20 heavy (non-hydrogen) atoms. The van der Waals surface area contributed by atoms with Crippen LogP contribution >= 0.6 is 0 Å². The van der Waals surface area contributed by atoms with Crippen LogP contribution in [0.4, 0.5) is 11.4 Å². The molecule has 0 radical (unpaired) electrons. The highest BCUT2D eigenvalue weighted by atomic mass is 16.6. The SMILES string of the molecule is O=[N+]([O-])c1ccc(NN=NCCC2CCCCC2)cc1. The molecule has 1 aliphatic carbocycles. The van der Waals surface area contributed by atoms with Crippen molar-refractivity contribution in [1.82, 2.24) is 0 Å². The summed E-state index contributed by atoms with van der Waals surface area (Å²) >= 11 is 0. The van der Waals surface area contributed by atoms with Crippen LogP contribution in [0.25, 0.3) is 0 Å². The number of nitrogens with zero attached hydrogens (tertiary/aromatic N) is 3. The number of nitro groups is 1. The Labute approximate surface area is 118 Å². The quantitative estimate of drug-likeness (QED) is 0.476. The lowest BCUT2D eigenvalue weighted by Gasteiger charge is -2.19. The van der Waals surface area contributed by atoms with E-state index in [0.29, 0.717) is 5.69 Å². The van der Waals surface area contributed by atoms with Crippen molar-refractivity contribution in [3.63, 3.8) is 0 Å². The van der Waals surface area contributed by atoms with E-state index in [-0.39, 0.29) is 5.69 Å². The predicted octanol–water partition coefficient (Wildman–Crippen LogP) is 4.34. The van der Waals surface area contributed by atoms with E-state index < -0.39 is 4.92 Å². The van der Waals surface area contributed by atoms with Crippen LogP contribution in [-0.4, -0.2) is 11.5 Å². The molecule has 1 fully saturated rings. The van der Waals surface area contributed by atoms with E-state index in [0.717, 1.165) is 18.9 Å². The smallest absolute Gasteiger partial charge is 0.260 e. The average molecular weight is 276 g/mol. The van der Waals surface area contributed by atoms with Crippen LogP contribution < -0.4 is 5.43 Å². The maximum Gasteiger partial charge on any atom is 0.269 e. The van der Waals surface area contributed by atoms with Gasteiger partial charge in [0.25, 0.3) is 5.69 Å². The summed E-state index contributed by atoms with van der Waals surface area (Å²) in [5.74, 6) is 0.807. The molecule has 0 unspecified atom stereocenters. The fourth-order valence-electron chi connectivity index (χ4n) is 2.52. The molecule has 6 nitrogen and oxygen atoms in total. The fraction of sp³-hybridized carbons (Fsp3) is 0.571. The van der Waals surface area contributed by atoms with Crippen molar-refractivity contribution in [3.05, 3.63) is 34.4 Å². The molecule has 0 saturated heterocycles. The first-order valence-corrected chi connectivity index (χ1v) is 7.12. The van der Waals surface area contributed by atoms with Crippen molar-refractivity contribution < 1.29 is 4.92 Å². The summed E-state index contributed by atoms with van der Waals surface area (Å²) in [6, 6.07) is 6.14. The summed E-state index contributed by atoms with van der Waals surface area (Å²) in [6.45, 7) is 0.741. The van der Waals surface area contributed by atoms with Crippen molar-refractivity contribution in [3.8, 4) is 0 Å². The first kappa shape index (κ1) is 14.4. The van der Waals surface area contributed by atoms with Gasteiger partial charge in [-0.25, -0.2) is 0 Å². The normalized spacial score (nSPS) is 16.4. The van der Waals surface area contributed by atoms with Crippen LogP contribution in [-0.2, 0) is 0 Å². The largest absolute Gasteiger partial charge is 0.269 e. The minimum atomic E-state index is -0.421. The lowest BCUT2D eigenvalue weighted by Crippen LogP contribution is -2.07. The van der Waals surface area contributed by atoms with Crippen molar-refractivity contribution in [1.29, 1.82) is 0 Å². The summed E-state index contributed by atoms with van der Waals surface area (Å²) in [5.41, 5.74) is 3.56. The molecule has 1 aromatic rings. The summed E-state index contributed by atoms with van der Waals surface area (Å²) in [6.07, 6.45) is 7.83. The predicted molar refractivity (Wildman–Crippen MR) is 77.6 cm³/mol. The second-order valence-electron chi connectivity index (χ2n) is 5.17. The van der Waals surface area contributed by atoms with Crippen LogP contribution in [0.3, 0.4) is 0 Å². The van der Waals surface area contributed by atoms with Gasteiger partial charge in [-0.15, -0.1) is 0 Å². The van der Waals surface area contributed by atoms with E-state index in [4.69, 9.17) is 0 Å². The number of nitro benzene ring substituents is 1. The molecule has 1 saturated carbocycles. The van der Waals surface area contributed by atoms with Crippen LogP contribution in [0.1, 0.15) is 38.5 Å². The van der Waals surface area contributed by atoms with Gasteiger partial charge >= 0.3 is 0 Å². The first-order valence-electron chi connectivity index (χ1n) is 7.12. The molecule has 0 atom stereocenters. The Bertz CT molecular complexity index is 453. The van der Waals surface area contributed by atoms with Crippen LogP contribution in [0, 0.1) is 16.0 Å². The van der Waals surface area contributed by atoms with Gasteiger partial charge in [-0.05, 0) is 24.5 Å². The number of nitrogens with one attached hydrogen (secondary N) is 1. The van der Waals surface area contributed by atoms with Gasteiger partial charge in [-0.2, -0.15) is 5.11 Å². The number of rotatable bonds is 6. The van der Waals surface area contributed by atoms with Gasteiger partial charge < -0.3 is 0 Å². The lowest BCUT2D eigenvalue weighted by molar-refractivity contribution is -0.384. The topological polar surface area (TPSA) is 79.9 Å². The maximum absolute atomic E-state index is 10.5. The van der Waals surface area contributed by atoms with E-state index in [2.05, 4.69) is 15.8 Å². The van der Waals surface area contributed by atoms with Gasteiger partial charge in [-0.1, -0.05) is 37.3 Å². The standard InChI is InChI=1S/C14H20N4O2/c19-18(20)14-8-6-13(7-9-14)16-17-15-11-10-12-4-2-1-3-5-12/h6-9,12H,1-5,10-11H2,(H,15,16). The molecule has 6 heteroatoms. The molecular weight excluding hydrogens is 256 g/mol. The third kappa shape index (κ3) is 4.60. The van der Waals surface area contributed by atoms with Gasteiger partial charge in [0.2, 0.25) is 0 Å². The first-order chi connectivity index (χ1) is 9.75. The average Bonchev–Trinajstić information content (AvgIpc) is 2.48. The molecule has 0 spiro atoms. The van der Waals surface area contributed by atoms with Crippen molar-refractivity contribution >= 4 is 11.4 Å². The molecule has 2 rings (SSSR count). The molecule has 1 aromatic carbocycles. The van der Waals surface area contributed by atoms with Crippen LogP contribution in [0.15, 0.2) is 34.6 Å². The van der Waals surface area contributed by atoms with Gasteiger partial charge in [0.05, 0.1) is 17.2 Å². The van der Waals surface area contributed by atoms with Crippen LogP contribution in [0.2, 0.25) is 0 Å². The number of hydrogen-bond donors (Lipinski definition) is 1. The van der Waals surface area contributed by atoms with Gasteiger partial charge in [-0.3, -0.25) is 15.5 Å². The molecule has 1 aliphatic rings. The fourth-order valence-corrected chi connectivity index (χ4v) is 2.52. The van der Waals surface area contributed by atoms with Crippen molar-refractivity contribution in [2.45, 2.75) is 38.5 Å². The van der Waals surface area contributed by atoms with Gasteiger partial charge in [0, 0.05) is 12.1 Å². The zero-order chi connectivity index (χ0) is 14.2. The van der Waals surface area contributed by atoms with E-state index in [9.17, 15) is 10.1 Å². The van der Waals surface area contributed by atoms with E-state index in [1.807, 2.05) is 0 Å². The minimum Gasteiger partial charge on any atom is -0.260 e. The summed E-state index contributed by atoms with van der Waals surface area (Å²) in [5, 5.41) is 18.5. The van der Waals surface area contributed by atoms with E-state index >= 15 is 0 Å². The highest BCUT2D eigenvalue weighted by Gasteiger charge is 2.12. The summed E-state index contributed by atoms with van der Waals surface area (Å²) < 4.78 is 0. The zero-order valence-corrected chi connectivity index (χ0v) is 11.5. The molecule has 0 amide bonds. The molecule has 108 valence electrons. The molecule has 0 bridgehead atoms. The number of non-ortho nitro benzene ring substituents is 1.